The maximum Gasteiger partial charge on any atom is 0.264 e. The Hall–Kier alpha value is -3.36. The Morgan fingerprint density at radius 1 is 1.03 bits per heavy atom. The summed E-state index contributed by atoms with van der Waals surface area (Å²) >= 11 is 0. The summed E-state index contributed by atoms with van der Waals surface area (Å²) in [5.74, 6) is -0.0355. The summed E-state index contributed by atoms with van der Waals surface area (Å²) < 4.78 is 39.8. The fraction of sp³-hybridized carbons (Fsp3) is 0.269. The van der Waals surface area contributed by atoms with Crippen LogP contribution in [0.4, 0.5) is 5.69 Å². The molecule has 0 saturated carbocycles. The first-order valence-electron chi connectivity index (χ1n) is 11.1. The molecule has 178 valence electrons. The Kier molecular flexibility index (Phi) is 7.19. The van der Waals surface area contributed by atoms with Crippen LogP contribution in [0.1, 0.15) is 16.7 Å². The highest BCUT2D eigenvalue weighted by molar-refractivity contribution is 7.92. The Morgan fingerprint density at radius 3 is 2.47 bits per heavy atom. The molecule has 4 rings (SSSR count). The van der Waals surface area contributed by atoms with E-state index in [2.05, 4.69) is 5.32 Å². The molecule has 0 bridgehead atoms. The van der Waals surface area contributed by atoms with Crippen molar-refractivity contribution in [3.05, 3.63) is 89.5 Å². The predicted octanol–water partition coefficient (Wildman–Crippen LogP) is 3.59. The highest BCUT2D eigenvalue weighted by Gasteiger charge is 2.37. The van der Waals surface area contributed by atoms with Gasteiger partial charge in [-0.1, -0.05) is 54.1 Å². The van der Waals surface area contributed by atoms with Gasteiger partial charge in [0.25, 0.3) is 15.9 Å². The average molecular weight is 481 g/mol. The zero-order valence-electron chi connectivity index (χ0n) is 19.2. The highest BCUT2D eigenvalue weighted by atomic mass is 32.2. The lowest BCUT2D eigenvalue weighted by atomic mass is 10.1. The number of sulfonamides is 1. The fourth-order valence-corrected chi connectivity index (χ4v) is 5.16. The second kappa shape index (κ2) is 10.3. The molecule has 0 radical (unpaired) electrons. The largest absolute Gasteiger partial charge is 0.476 e. The molecule has 0 spiro atoms. The lowest BCUT2D eigenvalue weighted by Crippen LogP contribution is -2.51. The number of nitrogens with zero attached hydrogens (tertiary/aromatic N) is 1. The lowest BCUT2D eigenvalue weighted by Gasteiger charge is -2.35. The van der Waals surface area contributed by atoms with Gasteiger partial charge in [-0.05, 0) is 49.2 Å². The van der Waals surface area contributed by atoms with E-state index in [1.807, 2.05) is 50.2 Å². The molecule has 7 nitrogen and oxygen atoms in total. The molecule has 1 aliphatic rings. The van der Waals surface area contributed by atoms with Crippen molar-refractivity contribution >= 4 is 21.6 Å². The van der Waals surface area contributed by atoms with E-state index in [1.165, 1.54) is 4.31 Å². The van der Waals surface area contributed by atoms with Crippen LogP contribution in [0.25, 0.3) is 0 Å². The maximum atomic E-state index is 13.5. The average Bonchev–Trinajstić information content (AvgIpc) is 2.84. The van der Waals surface area contributed by atoms with Crippen LogP contribution in [0, 0.1) is 13.8 Å². The third-order valence-electron chi connectivity index (χ3n) is 5.54. The number of hydrogen-bond acceptors (Lipinski definition) is 5. The van der Waals surface area contributed by atoms with Crippen molar-refractivity contribution in [2.45, 2.75) is 31.5 Å². The van der Waals surface area contributed by atoms with E-state index in [0.29, 0.717) is 24.7 Å². The second-order valence-corrected chi connectivity index (χ2v) is 10.1. The predicted molar refractivity (Wildman–Crippen MR) is 130 cm³/mol. The summed E-state index contributed by atoms with van der Waals surface area (Å²) in [5.41, 5.74) is 3.33. The van der Waals surface area contributed by atoms with Gasteiger partial charge in [-0.2, -0.15) is 0 Å². The van der Waals surface area contributed by atoms with Gasteiger partial charge in [-0.15, -0.1) is 0 Å². The molecule has 3 aromatic carbocycles. The molecule has 0 unspecified atom stereocenters. The van der Waals surface area contributed by atoms with E-state index < -0.39 is 22.0 Å². The van der Waals surface area contributed by atoms with Crippen LogP contribution < -0.4 is 14.4 Å². The normalized spacial score (nSPS) is 15.4. The van der Waals surface area contributed by atoms with Crippen LogP contribution >= 0.6 is 0 Å². The van der Waals surface area contributed by atoms with E-state index >= 15 is 0 Å². The summed E-state index contributed by atoms with van der Waals surface area (Å²) in [5, 5.41) is 2.79. The second-order valence-electron chi connectivity index (χ2n) is 8.26. The molecule has 1 amide bonds. The number of amides is 1. The number of hydrogen-bond donors (Lipinski definition) is 1. The van der Waals surface area contributed by atoms with Crippen molar-refractivity contribution in [2.24, 2.45) is 0 Å². The van der Waals surface area contributed by atoms with Crippen LogP contribution in [0.5, 0.6) is 5.75 Å². The summed E-state index contributed by atoms with van der Waals surface area (Å²) in [6.45, 7) is 4.72. The van der Waals surface area contributed by atoms with Crippen molar-refractivity contribution < 1.29 is 22.7 Å². The van der Waals surface area contributed by atoms with Gasteiger partial charge in [0.05, 0.1) is 30.3 Å². The van der Waals surface area contributed by atoms with Gasteiger partial charge in [0.2, 0.25) is 0 Å². The standard InChI is InChI=1S/C26H28N2O5S/c1-19-8-11-22(12-9-19)34(30,31)28-17-25(33-24-13-10-20(2)16-23(24)28)26(29)27-14-15-32-18-21-6-4-3-5-7-21/h3-13,16,25H,14-15,17-18H2,1-2H3,(H,27,29)/t25-/m0/s1. The zero-order chi connectivity index (χ0) is 24.1. The van der Waals surface area contributed by atoms with Crippen LogP contribution in [0.3, 0.4) is 0 Å². The number of anilines is 1. The minimum absolute atomic E-state index is 0.122. The number of carbonyl (C=O) groups excluding carboxylic acids is 1. The first kappa shape index (κ1) is 23.8. The number of aryl methyl sites for hydroxylation is 2. The molecule has 0 aliphatic carbocycles. The SMILES string of the molecule is Cc1ccc(S(=O)(=O)N2C[C@@H](C(=O)NCCOCc3ccccc3)Oc3ccc(C)cc32)cc1. The minimum atomic E-state index is -3.89. The molecule has 34 heavy (non-hydrogen) atoms. The van der Waals surface area contributed by atoms with Gasteiger partial charge in [0.1, 0.15) is 5.75 Å². The maximum absolute atomic E-state index is 13.5. The van der Waals surface area contributed by atoms with E-state index in [0.717, 1.165) is 16.7 Å². The van der Waals surface area contributed by atoms with E-state index in [9.17, 15) is 13.2 Å². The van der Waals surface area contributed by atoms with Crippen molar-refractivity contribution in [3.8, 4) is 5.75 Å². The number of rotatable bonds is 8. The van der Waals surface area contributed by atoms with E-state index in [-0.39, 0.29) is 18.0 Å². The molecular weight excluding hydrogens is 452 g/mol. The first-order valence-corrected chi connectivity index (χ1v) is 12.5. The molecule has 0 saturated heterocycles. The lowest BCUT2D eigenvalue weighted by molar-refractivity contribution is -0.128. The third kappa shape index (κ3) is 5.40. The van der Waals surface area contributed by atoms with Crippen LogP contribution in [-0.4, -0.2) is 40.1 Å². The number of fused-ring (bicyclic) bond motifs is 1. The number of benzene rings is 3. The first-order chi connectivity index (χ1) is 16.3. The van der Waals surface area contributed by atoms with Gasteiger partial charge in [0.15, 0.2) is 6.10 Å². The summed E-state index contributed by atoms with van der Waals surface area (Å²) in [7, 11) is -3.89. The van der Waals surface area contributed by atoms with Crippen molar-refractivity contribution in [3.63, 3.8) is 0 Å². The van der Waals surface area contributed by atoms with Crippen molar-refractivity contribution in [2.75, 3.05) is 24.0 Å². The minimum Gasteiger partial charge on any atom is -0.476 e. The Balaban J connectivity index is 1.45. The highest BCUT2D eigenvalue weighted by Crippen LogP contribution is 2.37. The molecule has 3 aromatic rings. The molecule has 1 aliphatic heterocycles. The Bertz CT molecular complexity index is 1240. The molecular formula is C26H28N2O5S. The molecule has 1 N–H and O–H groups in total. The smallest absolute Gasteiger partial charge is 0.264 e. The van der Waals surface area contributed by atoms with Crippen molar-refractivity contribution in [1.82, 2.24) is 5.32 Å². The Morgan fingerprint density at radius 2 is 1.74 bits per heavy atom. The molecule has 0 fully saturated rings. The van der Waals surface area contributed by atoms with E-state index in [1.54, 1.807) is 36.4 Å². The van der Waals surface area contributed by atoms with Gasteiger partial charge >= 0.3 is 0 Å². The van der Waals surface area contributed by atoms with Gasteiger partial charge in [-0.25, -0.2) is 8.42 Å². The molecule has 8 heteroatoms. The molecule has 0 aromatic heterocycles. The fourth-order valence-electron chi connectivity index (χ4n) is 3.69. The zero-order valence-corrected chi connectivity index (χ0v) is 20.0. The molecule has 1 heterocycles. The van der Waals surface area contributed by atoms with Gasteiger partial charge in [-0.3, -0.25) is 9.10 Å². The van der Waals surface area contributed by atoms with Crippen molar-refractivity contribution in [1.29, 1.82) is 0 Å². The van der Waals surface area contributed by atoms with Crippen LogP contribution in [0.15, 0.2) is 77.7 Å². The third-order valence-corrected chi connectivity index (χ3v) is 7.34. The van der Waals surface area contributed by atoms with Crippen LogP contribution in [0.2, 0.25) is 0 Å². The number of nitrogens with one attached hydrogen (secondary N) is 1. The van der Waals surface area contributed by atoms with Gasteiger partial charge in [0, 0.05) is 6.54 Å². The number of ether oxygens (including phenoxy) is 2. The van der Waals surface area contributed by atoms with Gasteiger partial charge < -0.3 is 14.8 Å². The summed E-state index contributed by atoms with van der Waals surface area (Å²) in [4.78, 5) is 13.0. The number of carbonyl (C=O) groups is 1. The summed E-state index contributed by atoms with van der Waals surface area (Å²) in [6, 6.07) is 21.7. The van der Waals surface area contributed by atoms with E-state index in [4.69, 9.17) is 9.47 Å². The Labute approximate surface area is 200 Å². The summed E-state index contributed by atoms with van der Waals surface area (Å²) in [6.07, 6.45) is -0.982. The topological polar surface area (TPSA) is 84.9 Å². The molecule has 1 atom stereocenters. The quantitative estimate of drug-likeness (QED) is 0.498. The monoisotopic (exact) mass is 480 g/mol. The van der Waals surface area contributed by atoms with Crippen LogP contribution in [-0.2, 0) is 26.2 Å².